The first-order chi connectivity index (χ1) is 5.70. The first kappa shape index (κ1) is 11.8. The first-order valence-electron chi connectivity index (χ1n) is 3.60. The van der Waals surface area contributed by atoms with Crippen molar-refractivity contribution >= 4 is 29.7 Å². The maximum absolute atomic E-state index is 11.1. The van der Waals surface area contributed by atoms with E-state index in [4.69, 9.17) is 0 Å². The maximum Gasteiger partial charge on any atom is 0.270 e. The Balaban J connectivity index is 0.00000144. The van der Waals surface area contributed by atoms with Gasteiger partial charge < -0.3 is 4.74 Å². The number of ketones is 2. The number of hydrogen-bond donors (Lipinski definition) is 0. The molecule has 0 atom stereocenters. The molecule has 0 aromatic carbocycles. The Morgan fingerprint density at radius 3 is 2.46 bits per heavy atom. The van der Waals surface area contributed by atoms with Gasteiger partial charge in [-0.25, -0.2) is 0 Å². The summed E-state index contributed by atoms with van der Waals surface area (Å²) in [7, 11) is 1.34. The molecule has 0 amide bonds. The number of halogens is 1. The third-order valence-corrected chi connectivity index (χ3v) is 1.58. The van der Waals surface area contributed by atoms with E-state index in [1.165, 1.54) is 13.3 Å². The molecule has 0 unspecified atom stereocenters. The van der Waals surface area contributed by atoms with Gasteiger partial charge in [-0.15, -0.1) is 12.4 Å². The van der Waals surface area contributed by atoms with E-state index in [0.29, 0.717) is 12.1 Å². The molecule has 0 spiro atoms. The first-order valence-corrected chi connectivity index (χ1v) is 3.60. The van der Waals surface area contributed by atoms with Crippen LogP contribution in [-0.4, -0.2) is 24.4 Å². The summed E-state index contributed by atoms with van der Waals surface area (Å²) < 4.78 is 4.65. The van der Waals surface area contributed by atoms with Crippen LogP contribution in [0.2, 0.25) is 0 Å². The zero-order valence-corrected chi connectivity index (χ0v) is 8.18. The van der Waals surface area contributed by atoms with Crippen LogP contribution >= 0.6 is 12.4 Å². The monoisotopic (exact) mass is 203 g/mol. The number of Topliss-reactive ketones (excluding diaryl/α,β-unsaturated/α-hetero) is 2. The van der Waals surface area contributed by atoms with E-state index < -0.39 is 11.6 Å². The molecule has 5 heteroatoms. The van der Waals surface area contributed by atoms with Crippen LogP contribution in [0.4, 0.5) is 0 Å². The van der Waals surface area contributed by atoms with Gasteiger partial charge in [-0.3, -0.25) is 14.6 Å². The van der Waals surface area contributed by atoms with E-state index >= 15 is 0 Å². The molecule has 0 aliphatic carbocycles. The molecule has 1 aliphatic heterocycles. The van der Waals surface area contributed by atoms with Gasteiger partial charge >= 0.3 is 0 Å². The van der Waals surface area contributed by atoms with Crippen LogP contribution in [0.25, 0.3) is 0 Å². The molecule has 1 aliphatic rings. The van der Waals surface area contributed by atoms with Gasteiger partial charge in [0.25, 0.3) is 11.6 Å². The van der Waals surface area contributed by atoms with E-state index in [-0.39, 0.29) is 18.2 Å². The molecular formula is C8H10ClNO3. The quantitative estimate of drug-likeness (QED) is 0.627. The number of hydrogen-bond acceptors (Lipinski definition) is 4. The largest absolute Gasteiger partial charge is 0.491 e. The highest BCUT2D eigenvalue weighted by atomic mass is 35.5. The van der Waals surface area contributed by atoms with Crippen LogP contribution in [0.15, 0.2) is 17.0 Å². The fraction of sp³-hybridized carbons (Fsp3) is 0.375. The van der Waals surface area contributed by atoms with Gasteiger partial charge in [0.15, 0.2) is 5.76 Å². The van der Waals surface area contributed by atoms with Crippen molar-refractivity contribution in [3.05, 3.63) is 12.0 Å². The molecule has 72 valence electrons. The number of carbonyl (C=O) groups excluding carboxylic acids is 2. The molecule has 4 nitrogen and oxygen atoms in total. The van der Waals surface area contributed by atoms with Gasteiger partial charge in [0, 0.05) is 0 Å². The Kier molecular flexibility index (Phi) is 4.34. The molecule has 0 fully saturated rings. The van der Waals surface area contributed by atoms with Crippen LogP contribution in [0, 0.1) is 0 Å². The smallest absolute Gasteiger partial charge is 0.270 e. The Bertz CT molecular complexity index is 264. The fourth-order valence-corrected chi connectivity index (χ4v) is 0.894. The lowest BCUT2D eigenvalue weighted by Gasteiger charge is -2.08. The SMILES string of the molecule is CCC1=NC=C(OC)C(=O)C1=O.Cl. The second-order valence-electron chi connectivity index (χ2n) is 2.29. The van der Waals surface area contributed by atoms with E-state index in [1.807, 2.05) is 0 Å². The van der Waals surface area contributed by atoms with Gasteiger partial charge in [-0.1, -0.05) is 6.92 Å². The Morgan fingerprint density at radius 2 is 2.00 bits per heavy atom. The average molecular weight is 204 g/mol. The summed E-state index contributed by atoms with van der Waals surface area (Å²) in [6.45, 7) is 1.77. The Morgan fingerprint density at radius 1 is 1.38 bits per heavy atom. The number of allylic oxidation sites excluding steroid dienone is 1. The van der Waals surface area contributed by atoms with E-state index in [1.54, 1.807) is 6.92 Å². The lowest BCUT2D eigenvalue weighted by Crippen LogP contribution is -2.28. The van der Waals surface area contributed by atoms with Gasteiger partial charge in [-0.05, 0) is 6.42 Å². The second kappa shape index (κ2) is 4.77. The molecule has 13 heavy (non-hydrogen) atoms. The van der Waals surface area contributed by atoms with E-state index in [2.05, 4.69) is 9.73 Å². The van der Waals surface area contributed by atoms with Crippen LogP contribution in [0.5, 0.6) is 0 Å². The minimum absolute atomic E-state index is 0. The molecule has 0 radical (unpaired) electrons. The molecule has 0 saturated carbocycles. The number of rotatable bonds is 2. The number of ether oxygens (including phenoxy) is 1. The van der Waals surface area contributed by atoms with Crippen molar-refractivity contribution in [2.75, 3.05) is 7.11 Å². The number of carbonyl (C=O) groups is 2. The number of aliphatic imine (C=N–C) groups is 1. The van der Waals surface area contributed by atoms with Crippen molar-refractivity contribution in [1.82, 2.24) is 0 Å². The summed E-state index contributed by atoms with van der Waals surface area (Å²) in [5, 5.41) is 0. The van der Waals surface area contributed by atoms with Crippen molar-refractivity contribution in [2.24, 2.45) is 4.99 Å². The molecule has 0 bridgehead atoms. The van der Waals surface area contributed by atoms with Crippen molar-refractivity contribution in [3.8, 4) is 0 Å². The van der Waals surface area contributed by atoms with Crippen LogP contribution in [0.1, 0.15) is 13.3 Å². The molecule has 0 aromatic rings. The normalized spacial score (nSPS) is 15.8. The molecule has 0 saturated heterocycles. The lowest BCUT2D eigenvalue weighted by molar-refractivity contribution is -0.132. The van der Waals surface area contributed by atoms with Crippen molar-refractivity contribution in [2.45, 2.75) is 13.3 Å². The number of methoxy groups -OCH3 is 1. The predicted octanol–water partition coefficient (Wildman–Crippen LogP) is 0.899. The fourth-order valence-electron chi connectivity index (χ4n) is 0.894. The maximum atomic E-state index is 11.1. The zero-order chi connectivity index (χ0) is 9.14. The summed E-state index contributed by atoms with van der Waals surface area (Å²) >= 11 is 0. The Hall–Kier alpha value is -1.16. The topological polar surface area (TPSA) is 55.7 Å². The number of nitrogens with zero attached hydrogens (tertiary/aromatic N) is 1. The van der Waals surface area contributed by atoms with Crippen molar-refractivity contribution in [3.63, 3.8) is 0 Å². The summed E-state index contributed by atoms with van der Waals surface area (Å²) in [4.78, 5) is 26.0. The van der Waals surface area contributed by atoms with Gasteiger partial charge in [0.2, 0.25) is 0 Å². The highest BCUT2D eigenvalue weighted by molar-refractivity contribution is 6.68. The highest BCUT2D eigenvalue weighted by Crippen LogP contribution is 2.07. The molecule has 1 heterocycles. The van der Waals surface area contributed by atoms with Gasteiger partial charge in [0.1, 0.15) is 0 Å². The molecule has 1 rings (SSSR count). The van der Waals surface area contributed by atoms with Crippen molar-refractivity contribution < 1.29 is 14.3 Å². The molecule has 0 aromatic heterocycles. The van der Waals surface area contributed by atoms with Crippen LogP contribution in [0.3, 0.4) is 0 Å². The highest BCUT2D eigenvalue weighted by Gasteiger charge is 2.26. The molecular weight excluding hydrogens is 194 g/mol. The van der Waals surface area contributed by atoms with Gasteiger partial charge in [0.05, 0.1) is 19.0 Å². The minimum atomic E-state index is -0.607. The second-order valence-corrected chi connectivity index (χ2v) is 2.29. The third-order valence-electron chi connectivity index (χ3n) is 1.58. The average Bonchev–Trinajstić information content (AvgIpc) is 2.10. The van der Waals surface area contributed by atoms with E-state index in [9.17, 15) is 9.59 Å². The lowest BCUT2D eigenvalue weighted by atomic mass is 10.1. The standard InChI is InChI=1S/C8H9NO3.ClH/c1-3-5-7(10)8(11)6(12-2)4-9-5;/h4H,3H2,1-2H3;1H. The van der Waals surface area contributed by atoms with Crippen molar-refractivity contribution in [1.29, 1.82) is 0 Å². The summed E-state index contributed by atoms with van der Waals surface area (Å²) in [6.07, 6.45) is 1.75. The predicted molar refractivity (Wildman–Crippen MR) is 50.1 cm³/mol. The Labute approximate surface area is 82.1 Å². The summed E-state index contributed by atoms with van der Waals surface area (Å²) in [5.41, 5.74) is 0.292. The van der Waals surface area contributed by atoms with Crippen LogP contribution in [-0.2, 0) is 14.3 Å². The minimum Gasteiger partial charge on any atom is -0.491 e. The molecule has 0 N–H and O–H groups in total. The third kappa shape index (κ3) is 2.15. The summed E-state index contributed by atoms with van der Waals surface area (Å²) in [6, 6.07) is 0. The summed E-state index contributed by atoms with van der Waals surface area (Å²) in [5.74, 6) is -1.15. The van der Waals surface area contributed by atoms with E-state index in [0.717, 1.165) is 0 Å². The zero-order valence-electron chi connectivity index (χ0n) is 7.36. The van der Waals surface area contributed by atoms with Crippen LogP contribution < -0.4 is 0 Å². The van der Waals surface area contributed by atoms with Gasteiger partial charge in [-0.2, -0.15) is 0 Å².